The molecule has 0 aromatic rings. The van der Waals surface area contributed by atoms with Crippen LogP contribution in [0.2, 0.25) is 0 Å². The molecule has 0 atom stereocenters. The van der Waals surface area contributed by atoms with Crippen molar-refractivity contribution < 1.29 is 19.4 Å². The Hall–Kier alpha value is -0.610. The molecular weight excluding hydrogens is 184 g/mol. The molecule has 4 heteroatoms. The number of hydrogen-bond acceptors (Lipinski definition) is 3. The fourth-order valence-electron chi connectivity index (χ4n) is 1.84. The second-order valence-corrected chi connectivity index (χ2v) is 3.70. The van der Waals surface area contributed by atoms with E-state index < -0.39 is 11.6 Å². The maximum absolute atomic E-state index is 11.0. The van der Waals surface area contributed by atoms with Gasteiger partial charge in [-0.05, 0) is 32.1 Å². The van der Waals surface area contributed by atoms with E-state index in [4.69, 9.17) is 14.6 Å². The molecular formula is C10H18O4. The van der Waals surface area contributed by atoms with Crippen LogP contribution in [-0.2, 0) is 14.3 Å². The SMILES string of the molecule is COCCCOC1(C(=O)O)CCCC1. The van der Waals surface area contributed by atoms with Crippen LogP contribution < -0.4 is 0 Å². The molecule has 0 radical (unpaired) electrons. The van der Waals surface area contributed by atoms with E-state index in [1.165, 1.54) is 0 Å². The summed E-state index contributed by atoms with van der Waals surface area (Å²) in [6, 6.07) is 0. The molecule has 1 rings (SSSR count). The van der Waals surface area contributed by atoms with Crippen LogP contribution in [0, 0.1) is 0 Å². The van der Waals surface area contributed by atoms with Gasteiger partial charge in [-0.2, -0.15) is 0 Å². The van der Waals surface area contributed by atoms with E-state index in [0.717, 1.165) is 19.3 Å². The van der Waals surface area contributed by atoms with E-state index in [-0.39, 0.29) is 0 Å². The van der Waals surface area contributed by atoms with Crippen LogP contribution in [0.5, 0.6) is 0 Å². The maximum atomic E-state index is 11.0. The van der Waals surface area contributed by atoms with Crippen molar-refractivity contribution in [3.8, 4) is 0 Å². The van der Waals surface area contributed by atoms with E-state index in [0.29, 0.717) is 26.1 Å². The first-order valence-corrected chi connectivity index (χ1v) is 5.07. The van der Waals surface area contributed by atoms with E-state index >= 15 is 0 Å². The molecule has 0 unspecified atom stereocenters. The van der Waals surface area contributed by atoms with Gasteiger partial charge < -0.3 is 14.6 Å². The van der Waals surface area contributed by atoms with Crippen molar-refractivity contribution in [2.45, 2.75) is 37.7 Å². The summed E-state index contributed by atoms with van der Waals surface area (Å²) in [5, 5.41) is 9.06. The Morgan fingerprint density at radius 1 is 1.36 bits per heavy atom. The van der Waals surface area contributed by atoms with Gasteiger partial charge in [0.25, 0.3) is 0 Å². The van der Waals surface area contributed by atoms with Gasteiger partial charge in [0.15, 0.2) is 5.60 Å². The lowest BCUT2D eigenvalue weighted by Gasteiger charge is -2.24. The molecule has 1 aliphatic carbocycles. The molecule has 14 heavy (non-hydrogen) atoms. The monoisotopic (exact) mass is 202 g/mol. The molecule has 0 aliphatic heterocycles. The summed E-state index contributed by atoms with van der Waals surface area (Å²) >= 11 is 0. The fraction of sp³-hybridized carbons (Fsp3) is 0.900. The quantitative estimate of drug-likeness (QED) is 0.662. The van der Waals surface area contributed by atoms with E-state index in [1.807, 2.05) is 0 Å². The van der Waals surface area contributed by atoms with Crippen molar-refractivity contribution in [1.29, 1.82) is 0 Å². The van der Waals surface area contributed by atoms with Crippen LogP contribution in [0.25, 0.3) is 0 Å². The Morgan fingerprint density at radius 3 is 2.50 bits per heavy atom. The standard InChI is InChI=1S/C10H18O4/c1-13-7-4-8-14-10(9(11)12)5-2-3-6-10/h2-8H2,1H3,(H,11,12). The van der Waals surface area contributed by atoms with Gasteiger partial charge in [0, 0.05) is 13.7 Å². The predicted octanol–water partition coefficient (Wildman–Crippen LogP) is 1.44. The highest BCUT2D eigenvalue weighted by atomic mass is 16.5. The number of hydrogen-bond donors (Lipinski definition) is 1. The summed E-state index contributed by atoms with van der Waals surface area (Å²) in [7, 11) is 1.63. The Bertz CT molecular complexity index is 185. The minimum atomic E-state index is -0.895. The lowest BCUT2D eigenvalue weighted by Crippen LogP contribution is -2.39. The molecule has 1 fully saturated rings. The van der Waals surface area contributed by atoms with E-state index in [2.05, 4.69) is 0 Å². The van der Waals surface area contributed by atoms with Crippen LogP contribution in [-0.4, -0.2) is 37.0 Å². The fourth-order valence-corrected chi connectivity index (χ4v) is 1.84. The van der Waals surface area contributed by atoms with Gasteiger partial charge >= 0.3 is 5.97 Å². The molecule has 82 valence electrons. The van der Waals surface area contributed by atoms with Gasteiger partial charge in [-0.3, -0.25) is 0 Å². The van der Waals surface area contributed by atoms with Crippen LogP contribution in [0.4, 0.5) is 0 Å². The first-order valence-electron chi connectivity index (χ1n) is 5.07. The second-order valence-electron chi connectivity index (χ2n) is 3.70. The van der Waals surface area contributed by atoms with Gasteiger partial charge in [-0.15, -0.1) is 0 Å². The summed E-state index contributed by atoms with van der Waals surface area (Å²) in [4.78, 5) is 11.0. The van der Waals surface area contributed by atoms with Gasteiger partial charge in [-0.25, -0.2) is 4.79 Å². The number of carbonyl (C=O) groups is 1. The number of carboxylic acid groups (broad SMARTS) is 1. The molecule has 4 nitrogen and oxygen atoms in total. The van der Waals surface area contributed by atoms with Crippen molar-refractivity contribution in [2.75, 3.05) is 20.3 Å². The minimum absolute atomic E-state index is 0.472. The van der Waals surface area contributed by atoms with Gasteiger partial charge in [0.2, 0.25) is 0 Å². The van der Waals surface area contributed by atoms with Crippen molar-refractivity contribution in [3.05, 3.63) is 0 Å². The molecule has 0 spiro atoms. The highest BCUT2D eigenvalue weighted by Gasteiger charge is 2.42. The lowest BCUT2D eigenvalue weighted by molar-refractivity contribution is -0.165. The average molecular weight is 202 g/mol. The van der Waals surface area contributed by atoms with Crippen LogP contribution in [0.1, 0.15) is 32.1 Å². The summed E-state index contributed by atoms with van der Waals surface area (Å²) in [5.41, 5.74) is -0.895. The first-order chi connectivity index (χ1) is 6.71. The Kier molecular flexibility index (Phi) is 4.35. The summed E-state index contributed by atoms with van der Waals surface area (Å²) in [5.74, 6) is -0.813. The number of carboxylic acids is 1. The van der Waals surface area contributed by atoms with Crippen LogP contribution >= 0.6 is 0 Å². The van der Waals surface area contributed by atoms with Crippen molar-refractivity contribution in [1.82, 2.24) is 0 Å². The number of ether oxygens (including phenoxy) is 2. The molecule has 1 aliphatic rings. The van der Waals surface area contributed by atoms with Crippen LogP contribution in [0.3, 0.4) is 0 Å². The zero-order chi connectivity index (χ0) is 10.4. The first kappa shape index (κ1) is 11.5. The minimum Gasteiger partial charge on any atom is -0.479 e. The summed E-state index contributed by atoms with van der Waals surface area (Å²) < 4.78 is 10.3. The maximum Gasteiger partial charge on any atom is 0.335 e. The van der Waals surface area contributed by atoms with Crippen molar-refractivity contribution in [3.63, 3.8) is 0 Å². The molecule has 0 saturated heterocycles. The van der Waals surface area contributed by atoms with Crippen molar-refractivity contribution in [2.24, 2.45) is 0 Å². The highest BCUT2D eigenvalue weighted by molar-refractivity contribution is 5.77. The molecule has 0 amide bonds. The number of rotatable bonds is 6. The molecule has 0 heterocycles. The smallest absolute Gasteiger partial charge is 0.335 e. The Balaban J connectivity index is 2.33. The topological polar surface area (TPSA) is 55.8 Å². The molecule has 0 aromatic carbocycles. The number of methoxy groups -OCH3 is 1. The second kappa shape index (κ2) is 5.32. The molecule has 0 bridgehead atoms. The third-order valence-electron chi connectivity index (χ3n) is 2.67. The Labute approximate surface area is 84.2 Å². The van der Waals surface area contributed by atoms with Gasteiger partial charge in [0.1, 0.15) is 0 Å². The highest BCUT2D eigenvalue weighted by Crippen LogP contribution is 2.33. The lowest BCUT2D eigenvalue weighted by atomic mass is 10.0. The number of aliphatic carboxylic acids is 1. The largest absolute Gasteiger partial charge is 0.479 e. The third-order valence-corrected chi connectivity index (χ3v) is 2.67. The third kappa shape index (κ3) is 2.69. The molecule has 1 saturated carbocycles. The average Bonchev–Trinajstić information content (AvgIpc) is 2.62. The Morgan fingerprint density at radius 2 is 2.00 bits per heavy atom. The van der Waals surface area contributed by atoms with E-state index in [1.54, 1.807) is 7.11 Å². The van der Waals surface area contributed by atoms with E-state index in [9.17, 15) is 4.79 Å². The summed E-state index contributed by atoms with van der Waals surface area (Å²) in [6.07, 6.45) is 3.96. The zero-order valence-electron chi connectivity index (χ0n) is 8.62. The summed E-state index contributed by atoms with van der Waals surface area (Å²) in [6.45, 7) is 1.09. The van der Waals surface area contributed by atoms with Crippen molar-refractivity contribution >= 4 is 5.97 Å². The van der Waals surface area contributed by atoms with Crippen LogP contribution in [0.15, 0.2) is 0 Å². The van der Waals surface area contributed by atoms with Gasteiger partial charge in [-0.1, -0.05) is 0 Å². The van der Waals surface area contributed by atoms with Gasteiger partial charge in [0.05, 0.1) is 6.61 Å². The molecule has 1 N–H and O–H groups in total. The molecule has 0 aromatic heterocycles. The normalized spacial score (nSPS) is 19.8. The predicted molar refractivity (Wildman–Crippen MR) is 51.3 cm³/mol. The zero-order valence-corrected chi connectivity index (χ0v) is 8.62.